The van der Waals surface area contributed by atoms with Gasteiger partial charge in [-0.05, 0) is 92.4 Å². The SMILES string of the molecule is CC1(C)c2cc(Nc3cccc4ccccc34)ccc2-c2ccc(-c3ccccc3)cc21.c1ccc(-c2ccc3sc4ccccc4c3c2)cc1. The molecule has 1 aliphatic rings. The van der Waals surface area contributed by atoms with Gasteiger partial charge < -0.3 is 5.32 Å². The Morgan fingerprint density at radius 3 is 1.75 bits per heavy atom. The second-order valence-electron chi connectivity index (χ2n) is 13.8. The van der Waals surface area contributed by atoms with Crippen molar-refractivity contribution in [1.82, 2.24) is 0 Å². The first-order valence-corrected chi connectivity index (χ1v) is 18.4. The minimum absolute atomic E-state index is 0.0497. The molecule has 10 rings (SSSR count). The molecule has 0 spiro atoms. The Balaban J connectivity index is 0.000000155. The van der Waals surface area contributed by atoms with Gasteiger partial charge in [-0.1, -0.05) is 153 Å². The minimum atomic E-state index is -0.0497. The minimum Gasteiger partial charge on any atom is -0.355 e. The number of hydrogen-bond acceptors (Lipinski definition) is 2. The average molecular weight is 672 g/mol. The summed E-state index contributed by atoms with van der Waals surface area (Å²) in [6.07, 6.45) is 0. The Kier molecular flexibility index (Phi) is 7.75. The van der Waals surface area contributed by atoms with E-state index in [2.05, 4.69) is 201 Å². The number of anilines is 2. The maximum atomic E-state index is 3.68. The van der Waals surface area contributed by atoms with Crippen LogP contribution in [0.5, 0.6) is 0 Å². The van der Waals surface area contributed by atoms with Crippen LogP contribution in [0.15, 0.2) is 182 Å². The molecule has 9 aromatic rings. The Morgan fingerprint density at radius 1 is 0.412 bits per heavy atom. The molecule has 244 valence electrons. The van der Waals surface area contributed by atoms with Crippen LogP contribution < -0.4 is 5.32 Å². The van der Waals surface area contributed by atoms with Crippen LogP contribution in [0.1, 0.15) is 25.0 Å². The molecule has 1 heterocycles. The molecule has 0 bridgehead atoms. The van der Waals surface area contributed by atoms with Crippen LogP contribution in [0.4, 0.5) is 11.4 Å². The molecule has 1 N–H and O–H groups in total. The lowest BCUT2D eigenvalue weighted by molar-refractivity contribution is 0.661. The summed E-state index contributed by atoms with van der Waals surface area (Å²) >= 11 is 1.87. The average Bonchev–Trinajstić information content (AvgIpc) is 3.67. The van der Waals surface area contributed by atoms with Crippen molar-refractivity contribution in [3.05, 3.63) is 193 Å². The molecule has 0 aliphatic heterocycles. The van der Waals surface area contributed by atoms with Gasteiger partial charge in [-0.3, -0.25) is 0 Å². The number of rotatable bonds is 4. The predicted molar refractivity (Wildman–Crippen MR) is 221 cm³/mol. The lowest BCUT2D eigenvalue weighted by Gasteiger charge is -2.23. The zero-order valence-electron chi connectivity index (χ0n) is 28.7. The summed E-state index contributed by atoms with van der Waals surface area (Å²) in [5.41, 5.74) is 12.8. The Bertz CT molecular complexity index is 2680. The van der Waals surface area contributed by atoms with E-state index < -0.39 is 0 Å². The van der Waals surface area contributed by atoms with E-state index in [4.69, 9.17) is 0 Å². The third-order valence-corrected chi connectivity index (χ3v) is 11.5. The van der Waals surface area contributed by atoms with E-state index in [1.54, 1.807) is 0 Å². The Hall–Kier alpha value is -5.96. The molecular weight excluding hydrogens is 635 g/mol. The number of fused-ring (bicyclic) bond motifs is 7. The molecule has 1 aromatic heterocycles. The fraction of sp³-hybridized carbons (Fsp3) is 0.0612. The molecule has 0 amide bonds. The molecule has 1 aliphatic carbocycles. The normalized spacial score (nSPS) is 12.7. The maximum absolute atomic E-state index is 3.68. The van der Waals surface area contributed by atoms with Crippen LogP contribution in [0.2, 0.25) is 0 Å². The van der Waals surface area contributed by atoms with Crippen molar-refractivity contribution in [2.45, 2.75) is 19.3 Å². The molecule has 0 saturated carbocycles. The van der Waals surface area contributed by atoms with Gasteiger partial charge in [0.25, 0.3) is 0 Å². The van der Waals surface area contributed by atoms with Gasteiger partial charge in [-0.2, -0.15) is 0 Å². The van der Waals surface area contributed by atoms with Crippen LogP contribution >= 0.6 is 11.3 Å². The lowest BCUT2D eigenvalue weighted by Crippen LogP contribution is -2.15. The third-order valence-electron chi connectivity index (χ3n) is 10.3. The van der Waals surface area contributed by atoms with Crippen LogP contribution in [0.3, 0.4) is 0 Å². The van der Waals surface area contributed by atoms with E-state index in [0.29, 0.717) is 0 Å². The second kappa shape index (κ2) is 12.7. The number of thiophene rings is 1. The standard InChI is InChI=1S/C31H25N.C18H12S/c1-31(2)28-19-23(21-9-4-3-5-10-21)15-17-26(28)27-18-16-24(20-29(27)31)32-30-14-8-12-22-11-6-7-13-25(22)30;1-2-6-13(7-3-1)14-10-11-18-16(12-14)15-8-4-5-9-17(15)19-18/h3-20,32H,1-2H3;1-12H. The van der Waals surface area contributed by atoms with Gasteiger partial charge in [0.05, 0.1) is 0 Å². The van der Waals surface area contributed by atoms with Crippen molar-refractivity contribution in [3.63, 3.8) is 0 Å². The van der Waals surface area contributed by atoms with Crippen LogP contribution in [0.25, 0.3) is 64.3 Å². The highest BCUT2D eigenvalue weighted by atomic mass is 32.1. The zero-order chi connectivity index (χ0) is 34.4. The van der Waals surface area contributed by atoms with E-state index >= 15 is 0 Å². The van der Waals surface area contributed by atoms with Gasteiger partial charge in [0.15, 0.2) is 0 Å². The fourth-order valence-corrected chi connectivity index (χ4v) is 8.74. The quantitative estimate of drug-likeness (QED) is 0.196. The van der Waals surface area contributed by atoms with Crippen molar-refractivity contribution in [2.24, 2.45) is 0 Å². The second-order valence-corrected chi connectivity index (χ2v) is 14.9. The van der Waals surface area contributed by atoms with Crippen molar-refractivity contribution in [3.8, 4) is 33.4 Å². The molecule has 0 radical (unpaired) electrons. The number of nitrogens with one attached hydrogen (secondary N) is 1. The number of hydrogen-bond donors (Lipinski definition) is 1. The summed E-state index contributed by atoms with van der Waals surface area (Å²) in [4.78, 5) is 0. The highest BCUT2D eigenvalue weighted by molar-refractivity contribution is 7.25. The first kappa shape index (κ1) is 31.1. The topological polar surface area (TPSA) is 12.0 Å². The first-order valence-electron chi connectivity index (χ1n) is 17.6. The molecule has 0 saturated heterocycles. The first-order chi connectivity index (χ1) is 25.0. The fourth-order valence-electron chi connectivity index (χ4n) is 7.65. The van der Waals surface area contributed by atoms with Gasteiger partial charge in [-0.15, -0.1) is 11.3 Å². The molecule has 51 heavy (non-hydrogen) atoms. The van der Waals surface area contributed by atoms with E-state index in [0.717, 1.165) is 11.4 Å². The highest BCUT2D eigenvalue weighted by Crippen LogP contribution is 2.50. The monoisotopic (exact) mass is 671 g/mol. The van der Waals surface area contributed by atoms with Gasteiger partial charge >= 0.3 is 0 Å². The summed E-state index contributed by atoms with van der Waals surface area (Å²) in [5.74, 6) is 0. The lowest BCUT2D eigenvalue weighted by atomic mass is 9.81. The zero-order valence-corrected chi connectivity index (χ0v) is 29.5. The van der Waals surface area contributed by atoms with Crippen molar-refractivity contribution < 1.29 is 0 Å². The number of benzene rings is 8. The van der Waals surface area contributed by atoms with Gasteiger partial charge in [-0.25, -0.2) is 0 Å². The third kappa shape index (κ3) is 5.68. The molecule has 2 heteroatoms. The van der Waals surface area contributed by atoms with Crippen molar-refractivity contribution in [2.75, 3.05) is 5.32 Å². The summed E-state index contributed by atoms with van der Waals surface area (Å²) in [7, 11) is 0. The summed E-state index contributed by atoms with van der Waals surface area (Å²) in [6.45, 7) is 4.68. The van der Waals surface area contributed by atoms with E-state index in [1.165, 1.54) is 75.5 Å². The van der Waals surface area contributed by atoms with Gasteiger partial charge in [0.2, 0.25) is 0 Å². The largest absolute Gasteiger partial charge is 0.355 e. The van der Waals surface area contributed by atoms with E-state index in [9.17, 15) is 0 Å². The molecule has 0 atom stereocenters. The van der Waals surface area contributed by atoms with Crippen LogP contribution in [0, 0.1) is 0 Å². The highest BCUT2D eigenvalue weighted by Gasteiger charge is 2.35. The summed E-state index contributed by atoms with van der Waals surface area (Å²) in [6, 6.07) is 65.3. The van der Waals surface area contributed by atoms with E-state index in [1.807, 2.05) is 11.3 Å². The smallest absolute Gasteiger partial charge is 0.0463 e. The summed E-state index contributed by atoms with van der Waals surface area (Å²) in [5, 5.41) is 8.89. The molecule has 0 unspecified atom stereocenters. The molecular formula is C49H37NS. The Labute approximate surface area is 303 Å². The van der Waals surface area contributed by atoms with Gasteiger partial charge in [0, 0.05) is 42.3 Å². The maximum Gasteiger partial charge on any atom is 0.0463 e. The van der Waals surface area contributed by atoms with Gasteiger partial charge in [0.1, 0.15) is 0 Å². The molecule has 0 fully saturated rings. The summed E-state index contributed by atoms with van der Waals surface area (Å²) < 4.78 is 2.73. The van der Waals surface area contributed by atoms with Crippen LogP contribution in [-0.4, -0.2) is 0 Å². The Morgan fingerprint density at radius 2 is 0.980 bits per heavy atom. The predicted octanol–water partition coefficient (Wildman–Crippen LogP) is 14.3. The van der Waals surface area contributed by atoms with E-state index in [-0.39, 0.29) is 5.41 Å². The molecule has 1 nitrogen and oxygen atoms in total. The van der Waals surface area contributed by atoms with Crippen LogP contribution in [-0.2, 0) is 5.41 Å². The van der Waals surface area contributed by atoms with Crippen molar-refractivity contribution >= 4 is 53.7 Å². The van der Waals surface area contributed by atoms with Crippen molar-refractivity contribution in [1.29, 1.82) is 0 Å². The molecule has 8 aromatic carbocycles.